The summed E-state index contributed by atoms with van der Waals surface area (Å²) in [6.07, 6.45) is 0.476. The van der Waals surface area contributed by atoms with E-state index in [1.54, 1.807) is 17.0 Å². The molecular weight excluding hydrogens is 375 g/mol. The molecule has 0 aliphatic rings. The van der Waals surface area contributed by atoms with Crippen LogP contribution in [0.4, 0.5) is 0 Å². The fourth-order valence-corrected chi connectivity index (χ4v) is 2.24. The number of hydrogen-bond acceptors (Lipinski definition) is 3. The van der Waals surface area contributed by atoms with Crippen LogP contribution in [0, 0.1) is 3.57 Å². The van der Waals surface area contributed by atoms with Crippen molar-refractivity contribution in [2.75, 3.05) is 6.54 Å². The molecule has 1 rings (SSSR count). The van der Waals surface area contributed by atoms with Crippen LogP contribution in [0.25, 0.3) is 0 Å². The Morgan fingerprint density at radius 1 is 1.53 bits per heavy atom. The monoisotopic (exact) mass is 392 g/mol. The van der Waals surface area contributed by atoms with Crippen molar-refractivity contribution < 1.29 is 9.90 Å². The van der Waals surface area contributed by atoms with Crippen LogP contribution in [-0.4, -0.2) is 33.5 Å². The van der Waals surface area contributed by atoms with E-state index < -0.39 is 0 Å². The number of halogens is 1. The maximum Gasteiger partial charge on any atom is 0.257 e. The van der Waals surface area contributed by atoms with Crippen LogP contribution in [-0.2, 0) is 0 Å². The summed E-state index contributed by atoms with van der Waals surface area (Å²) in [5, 5.41) is 9.81. The topological polar surface area (TPSA) is 66.6 Å². The van der Waals surface area contributed by atoms with Gasteiger partial charge < -0.3 is 15.7 Å². The number of benzene rings is 1. The number of thiocarbonyl (C=S) groups is 1. The number of rotatable bonds is 5. The molecule has 6 heteroatoms. The first-order valence-electron chi connectivity index (χ1n) is 5.90. The van der Waals surface area contributed by atoms with Crippen molar-refractivity contribution in [3.05, 3.63) is 27.3 Å². The molecule has 19 heavy (non-hydrogen) atoms. The number of carbonyl (C=O) groups excluding carboxylic acids is 1. The summed E-state index contributed by atoms with van der Waals surface area (Å²) in [5.41, 5.74) is 5.79. The molecule has 0 atom stereocenters. The van der Waals surface area contributed by atoms with Crippen molar-refractivity contribution in [3.63, 3.8) is 0 Å². The fraction of sp³-hybridized carbons (Fsp3) is 0.385. The van der Waals surface area contributed by atoms with Gasteiger partial charge in [0.2, 0.25) is 0 Å². The van der Waals surface area contributed by atoms with Crippen molar-refractivity contribution in [2.45, 2.75) is 26.3 Å². The Morgan fingerprint density at radius 2 is 2.16 bits per heavy atom. The van der Waals surface area contributed by atoms with Crippen LogP contribution < -0.4 is 5.73 Å². The molecule has 0 aliphatic heterocycles. The number of aromatic hydroxyl groups is 1. The summed E-state index contributed by atoms with van der Waals surface area (Å²) in [5.74, 6) is -0.214. The Bertz CT molecular complexity index is 492. The van der Waals surface area contributed by atoms with Gasteiger partial charge in [0.15, 0.2) is 0 Å². The number of phenols is 1. The van der Waals surface area contributed by atoms with E-state index in [0.29, 0.717) is 23.5 Å². The van der Waals surface area contributed by atoms with E-state index in [2.05, 4.69) is 22.6 Å². The number of amides is 1. The molecule has 0 aromatic heterocycles. The lowest BCUT2D eigenvalue weighted by molar-refractivity contribution is 0.0708. The molecule has 0 heterocycles. The van der Waals surface area contributed by atoms with E-state index in [0.717, 1.165) is 3.57 Å². The van der Waals surface area contributed by atoms with Crippen molar-refractivity contribution in [1.29, 1.82) is 0 Å². The van der Waals surface area contributed by atoms with Crippen LogP contribution >= 0.6 is 34.8 Å². The average Bonchev–Trinajstić information content (AvgIpc) is 2.31. The molecule has 1 aromatic rings. The van der Waals surface area contributed by atoms with Gasteiger partial charge in [0, 0.05) is 22.6 Å². The number of hydrogen-bond donors (Lipinski definition) is 2. The largest absolute Gasteiger partial charge is 0.507 e. The summed E-state index contributed by atoms with van der Waals surface area (Å²) in [4.78, 5) is 14.5. The minimum atomic E-state index is -0.206. The van der Waals surface area contributed by atoms with Gasteiger partial charge in [-0.2, -0.15) is 0 Å². The van der Waals surface area contributed by atoms with Crippen molar-refractivity contribution in [2.24, 2.45) is 5.73 Å². The Balaban J connectivity index is 2.99. The van der Waals surface area contributed by atoms with Crippen LogP contribution in [0.1, 0.15) is 30.6 Å². The van der Waals surface area contributed by atoms with Crippen molar-refractivity contribution in [3.8, 4) is 5.75 Å². The summed E-state index contributed by atoms with van der Waals surface area (Å²) < 4.78 is 0.900. The second-order valence-electron chi connectivity index (χ2n) is 4.47. The predicted molar refractivity (Wildman–Crippen MR) is 88.4 cm³/mol. The average molecular weight is 392 g/mol. The summed E-state index contributed by atoms with van der Waals surface area (Å²) in [7, 11) is 0. The first-order valence-corrected chi connectivity index (χ1v) is 7.39. The van der Waals surface area contributed by atoms with Gasteiger partial charge >= 0.3 is 0 Å². The zero-order valence-corrected chi connectivity index (χ0v) is 13.9. The Kier molecular flexibility index (Phi) is 5.99. The van der Waals surface area contributed by atoms with E-state index in [9.17, 15) is 9.90 Å². The van der Waals surface area contributed by atoms with Crippen LogP contribution in [0.5, 0.6) is 5.75 Å². The molecule has 0 unspecified atom stereocenters. The van der Waals surface area contributed by atoms with E-state index >= 15 is 0 Å². The second-order valence-corrected chi connectivity index (χ2v) is 6.24. The molecule has 0 aliphatic carbocycles. The molecule has 0 bridgehead atoms. The minimum absolute atomic E-state index is 0.00797. The van der Waals surface area contributed by atoms with E-state index in [1.807, 2.05) is 13.8 Å². The standard InChI is InChI=1S/C13H17IN2O2S/c1-8(2)16(6-5-12(15)19)13(18)10-7-9(14)3-4-11(10)17/h3-4,7-8,17H,5-6H2,1-2H3,(H2,15,19). The molecule has 0 spiro atoms. The number of carbonyl (C=O) groups is 1. The summed E-state index contributed by atoms with van der Waals surface area (Å²) in [6, 6.07) is 4.97. The van der Waals surface area contributed by atoms with Crippen molar-refractivity contribution in [1.82, 2.24) is 4.90 Å². The molecule has 1 amide bonds. The lowest BCUT2D eigenvalue weighted by Gasteiger charge is -2.27. The normalized spacial score (nSPS) is 10.5. The minimum Gasteiger partial charge on any atom is -0.507 e. The van der Waals surface area contributed by atoms with Crippen molar-refractivity contribution >= 4 is 45.7 Å². The highest BCUT2D eigenvalue weighted by atomic mass is 127. The van der Waals surface area contributed by atoms with Crippen LogP contribution in [0.3, 0.4) is 0 Å². The highest BCUT2D eigenvalue weighted by Crippen LogP contribution is 2.22. The molecule has 0 radical (unpaired) electrons. The Labute approximate surface area is 132 Å². The second kappa shape index (κ2) is 7.04. The molecule has 0 fully saturated rings. The molecule has 0 saturated heterocycles. The van der Waals surface area contributed by atoms with Gasteiger partial charge in [-0.1, -0.05) is 12.2 Å². The number of nitrogens with zero attached hydrogens (tertiary/aromatic N) is 1. The highest BCUT2D eigenvalue weighted by molar-refractivity contribution is 14.1. The maximum atomic E-state index is 12.5. The zero-order chi connectivity index (χ0) is 14.6. The lowest BCUT2D eigenvalue weighted by atomic mass is 10.1. The van der Waals surface area contributed by atoms with Gasteiger partial charge in [0.05, 0.1) is 10.6 Å². The fourth-order valence-electron chi connectivity index (χ4n) is 1.66. The van der Waals surface area contributed by atoms with Gasteiger partial charge in [-0.3, -0.25) is 4.79 Å². The summed E-state index contributed by atoms with van der Waals surface area (Å²) in [6.45, 7) is 4.29. The SMILES string of the molecule is CC(C)N(CCC(N)=S)C(=O)c1cc(I)ccc1O. The highest BCUT2D eigenvalue weighted by Gasteiger charge is 2.21. The molecule has 3 N–H and O–H groups in total. The predicted octanol–water partition coefficient (Wildman–Crippen LogP) is 2.52. The van der Waals surface area contributed by atoms with E-state index in [-0.39, 0.29) is 17.7 Å². The van der Waals surface area contributed by atoms with Gasteiger partial charge in [0.25, 0.3) is 5.91 Å². The van der Waals surface area contributed by atoms with Gasteiger partial charge in [0.1, 0.15) is 5.75 Å². The zero-order valence-electron chi connectivity index (χ0n) is 10.9. The molecule has 104 valence electrons. The van der Waals surface area contributed by atoms with Gasteiger partial charge in [-0.05, 0) is 54.6 Å². The first-order chi connectivity index (χ1) is 8.82. The Hall–Kier alpha value is -0.890. The van der Waals surface area contributed by atoms with Crippen LogP contribution in [0.2, 0.25) is 0 Å². The molecule has 4 nitrogen and oxygen atoms in total. The third-order valence-corrected chi connectivity index (χ3v) is 3.55. The molecular formula is C13H17IN2O2S. The Morgan fingerprint density at radius 3 is 2.68 bits per heavy atom. The quantitative estimate of drug-likeness (QED) is 0.597. The first kappa shape index (κ1) is 16.2. The van der Waals surface area contributed by atoms with Crippen LogP contribution in [0.15, 0.2) is 18.2 Å². The van der Waals surface area contributed by atoms with E-state index in [4.69, 9.17) is 18.0 Å². The maximum absolute atomic E-state index is 12.5. The lowest BCUT2D eigenvalue weighted by Crippen LogP contribution is -2.39. The van der Waals surface area contributed by atoms with Gasteiger partial charge in [-0.15, -0.1) is 0 Å². The van der Waals surface area contributed by atoms with E-state index in [1.165, 1.54) is 6.07 Å². The van der Waals surface area contributed by atoms with Gasteiger partial charge in [-0.25, -0.2) is 0 Å². The molecule has 1 aromatic carbocycles. The summed E-state index contributed by atoms with van der Waals surface area (Å²) >= 11 is 6.95. The molecule has 0 saturated carbocycles. The smallest absolute Gasteiger partial charge is 0.257 e. The third-order valence-electron chi connectivity index (χ3n) is 2.67. The third kappa shape index (κ3) is 4.61. The number of phenolic OH excluding ortho intramolecular Hbond substituents is 1. The number of nitrogens with two attached hydrogens (primary N) is 1.